The molecule has 1 aliphatic heterocycles. The molecule has 29 heavy (non-hydrogen) atoms. The van der Waals surface area contributed by atoms with E-state index in [0.717, 1.165) is 47.7 Å². The van der Waals surface area contributed by atoms with Gasteiger partial charge in [0, 0.05) is 12.2 Å². The quantitative estimate of drug-likeness (QED) is 0.476. The number of likely N-dealkylation sites (tertiary alicyclic amines) is 1. The average Bonchev–Trinajstić information content (AvgIpc) is 3.37. The van der Waals surface area contributed by atoms with Gasteiger partial charge in [-0.1, -0.05) is 30.3 Å². The van der Waals surface area contributed by atoms with Crippen LogP contribution in [0.3, 0.4) is 0 Å². The number of fused-ring (bicyclic) bond motifs is 1. The Bertz CT molecular complexity index is 1130. The summed E-state index contributed by atoms with van der Waals surface area (Å²) in [5.74, 6) is -0.00765. The molecule has 4 aromatic rings. The molecule has 1 atom stereocenters. The van der Waals surface area contributed by atoms with Crippen molar-refractivity contribution >= 4 is 27.5 Å². The van der Waals surface area contributed by atoms with Gasteiger partial charge < -0.3 is 4.90 Å². The standard InChI is InChI=1S/C23H22N4OS/c1-16-15-19(25-27(16)17-9-3-2-4-10-17)23(28)26-14-8-7-12-20(26)22-24-18-11-5-6-13-21(18)29-22/h2-6,9-11,13,15,20H,7-8,12,14H2,1H3. The highest BCUT2D eigenvalue weighted by molar-refractivity contribution is 7.18. The number of aromatic nitrogens is 3. The molecule has 5 rings (SSSR count). The number of hydrogen-bond donors (Lipinski definition) is 0. The molecular formula is C23H22N4OS. The number of benzene rings is 2. The van der Waals surface area contributed by atoms with Crippen LogP contribution in [0.15, 0.2) is 60.7 Å². The van der Waals surface area contributed by atoms with Crippen LogP contribution in [0.4, 0.5) is 0 Å². The zero-order chi connectivity index (χ0) is 19.8. The zero-order valence-corrected chi connectivity index (χ0v) is 17.1. The number of amides is 1. The highest BCUT2D eigenvalue weighted by atomic mass is 32.1. The minimum Gasteiger partial charge on any atom is -0.328 e. The Hall–Kier alpha value is -2.99. The SMILES string of the molecule is Cc1cc(C(=O)N2CCCCC2c2nc3ccccc3s2)nn1-c1ccccc1. The minimum atomic E-state index is -0.00765. The van der Waals surface area contributed by atoms with Gasteiger partial charge in [-0.15, -0.1) is 11.3 Å². The Balaban J connectivity index is 1.47. The van der Waals surface area contributed by atoms with Crippen LogP contribution in [0.5, 0.6) is 0 Å². The largest absolute Gasteiger partial charge is 0.328 e. The van der Waals surface area contributed by atoms with E-state index in [2.05, 4.69) is 11.2 Å². The Kier molecular flexibility index (Phi) is 4.64. The molecular weight excluding hydrogens is 380 g/mol. The van der Waals surface area contributed by atoms with E-state index in [1.807, 2.05) is 71.1 Å². The molecule has 2 aromatic carbocycles. The molecule has 2 aromatic heterocycles. The first-order valence-corrected chi connectivity index (χ1v) is 10.8. The summed E-state index contributed by atoms with van der Waals surface area (Å²) in [6.45, 7) is 2.73. The van der Waals surface area contributed by atoms with Crippen molar-refractivity contribution in [3.63, 3.8) is 0 Å². The van der Waals surface area contributed by atoms with E-state index in [1.165, 1.54) is 4.70 Å². The predicted octanol–water partition coefficient (Wildman–Crippen LogP) is 5.16. The first-order valence-electron chi connectivity index (χ1n) is 9.99. The lowest BCUT2D eigenvalue weighted by atomic mass is 10.0. The Morgan fingerprint density at radius 3 is 2.69 bits per heavy atom. The van der Waals surface area contributed by atoms with Gasteiger partial charge >= 0.3 is 0 Å². The lowest BCUT2D eigenvalue weighted by Gasteiger charge is -2.34. The van der Waals surface area contributed by atoms with Gasteiger partial charge in [0.15, 0.2) is 5.69 Å². The number of rotatable bonds is 3. The van der Waals surface area contributed by atoms with Crippen molar-refractivity contribution < 1.29 is 4.79 Å². The summed E-state index contributed by atoms with van der Waals surface area (Å²) in [6, 6.07) is 20.0. The van der Waals surface area contributed by atoms with Crippen LogP contribution in [0, 0.1) is 6.92 Å². The van der Waals surface area contributed by atoms with E-state index in [0.29, 0.717) is 5.69 Å². The Morgan fingerprint density at radius 2 is 1.86 bits per heavy atom. The van der Waals surface area contributed by atoms with Crippen molar-refractivity contribution in [2.75, 3.05) is 6.54 Å². The highest BCUT2D eigenvalue weighted by Crippen LogP contribution is 2.36. The van der Waals surface area contributed by atoms with Crippen LogP contribution < -0.4 is 0 Å². The monoisotopic (exact) mass is 402 g/mol. The van der Waals surface area contributed by atoms with Crippen molar-refractivity contribution in [1.29, 1.82) is 0 Å². The molecule has 146 valence electrons. The molecule has 0 saturated carbocycles. The third kappa shape index (κ3) is 3.34. The fourth-order valence-electron chi connectivity index (χ4n) is 4.02. The molecule has 1 amide bonds. The van der Waals surface area contributed by atoms with Crippen LogP contribution in [0.2, 0.25) is 0 Å². The van der Waals surface area contributed by atoms with Crippen LogP contribution >= 0.6 is 11.3 Å². The number of aryl methyl sites for hydroxylation is 1. The molecule has 1 fully saturated rings. The summed E-state index contributed by atoms with van der Waals surface area (Å²) in [4.78, 5) is 20.2. The minimum absolute atomic E-state index is 0.00765. The van der Waals surface area contributed by atoms with Gasteiger partial charge in [0.1, 0.15) is 5.01 Å². The molecule has 0 bridgehead atoms. The van der Waals surface area contributed by atoms with Crippen molar-refractivity contribution in [3.8, 4) is 5.69 Å². The number of para-hydroxylation sites is 2. The number of carbonyl (C=O) groups excluding carboxylic acids is 1. The fraction of sp³-hybridized carbons (Fsp3) is 0.261. The number of hydrogen-bond acceptors (Lipinski definition) is 4. The normalized spacial score (nSPS) is 17.0. The van der Waals surface area contributed by atoms with Gasteiger partial charge in [0.2, 0.25) is 0 Å². The molecule has 1 unspecified atom stereocenters. The van der Waals surface area contributed by atoms with E-state index in [4.69, 9.17) is 4.98 Å². The van der Waals surface area contributed by atoms with E-state index in [-0.39, 0.29) is 11.9 Å². The van der Waals surface area contributed by atoms with E-state index in [1.54, 1.807) is 11.3 Å². The first-order chi connectivity index (χ1) is 14.2. The molecule has 0 aliphatic carbocycles. The highest BCUT2D eigenvalue weighted by Gasteiger charge is 2.32. The molecule has 0 N–H and O–H groups in total. The van der Waals surface area contributed by atoms with Crippen molar-refractivity contribution in [1.82, 2.24) is 19.7 Å². The molecule has 6 heteroatoms. The van der Waals surface area contributed by atoms with Crippen molar-refractivity contribution in [2.24, 2.45) is 0 Å². The maximum absolute atomic E-state index is 13.4. The summed E-state index contributed by atoms with van der Waals surface area (Å²) in [7, 11) is 0. The lowest BCUT2D eigenvalue weighted by Crippen LogP contribution is -2.38. The van der Waals surface area contributed by atoms with Gasteiger partial charge in [-0.05, 0) is 56.5 Å². The maximum Gasteiger partial charge on any atom is 0.274 e. The van der Waals surface area contributed by atoms with E-state index < -0.39 is 0 Å². The van der Waals surface area contributed by atoms with Gasteiger partial charge in [-0.25, -0.2) is 9.67 Å². The average molecular weight is 403 g/mol. The van der Waals surface area contributed by atoms with Crippen LogP contribution in [0.1, 0.15) is 46.5 Å². The number of piperidine rings is 1. The van der Waals surface area contributed by atoms with Crippen LogP contribution in [0.25, 0.3) is 15.9 Å². The van der Waals surface area contributed by atoms with Gasteiger partial charge in [-0.2, -0.15) is 5.10 Å². The maximum atomic E-state index is 13.4. The second-order valence-electron chi connectivity index (χ2n) is 7.45. The number of carbonyl (C=O) groups is 1. The summed E-state index contributed by atoms with van der Waals surface area (Å²) in [6.07, 6.45) is 3.08. The molecule has 5 nitrogen and oxygen atoms in total. The Morgan fingerprint density at radius 1 is 1.07 bits per heavy atom. The lowest BCUT2D eigenvalue weighted by molar-refractivity contribution is 0.0605. The fourth-order valence-corrected chi connectivity index (χ4v) is 5.14. The third-order valence-electron chi connectivity index (χ3n) is 5.47. The number of thiazole rings is 1. The first kappa shape index (κ1) is 18.1. The molecule has 3 heterocycles. The summed E-state index contributed by atoms with van der Waals surface area (Å²) in [5.41, 5.74) is 3.42. The van der Waals surface area contributed by atoms with E-state index in [9.17, 15) is 4.79 Å². The van der Waals surface area contributed by atoms with Crippen LogP contribution in [-0.2, 0) is 0 Å². The second kappa shape index (κ2) is 7.44. The summed E-state index contributed by atoms with van der Waals surface area (Å²) >= 11 is 1.69. The molecule has 1 aliphatic rings. The second-order valence-corrected chi connectivity index (χ2v) is 8.51. The molecule has 0 spiro atoms. The number of nitrogens with zero attached hydrogens (tertiary/aromatic N) is 4. The molecule has 1 saturated heterocycles. The van der Waals surface area contributed by atoms with Crippen molar-refractivity contribution in [2.45, 2.75) is 32.2 Å². The summed E-state index contributed by atoms with van der Waals surface area (Å²) in [5, 5.41) is 5.66. The van der Waals surface area contributed by atoms with Gasteiger partial charge in [0.05, 0.1) is 21.9 Å². The van der Waals surface area contributed by atoms with Gasteiger partial charge in [0.25, 0.3) is 5.91 Å². The summed E-state index contributed by atoms with van der Waals surface area (Å²) < 4.78 is 3.01. The topological polar surface area (TPSA) is 51.0 Å². The smallest absolute Gasteiger partial charge is 0.274 e. The Labute approximate surface area is 173 Å². The predicted molar refractivity (Wildman–Crippen MR) is 116 cm³/mol. The third-order valence-corrected chi connectivity index (χ3v) is 6.60. The van der Waals surface area contributed by atoms with Gasteiger partial charge in [-0.3, -0.25) is 4.79 Å². The molecule has 0 radical (unpaired) electrons. The zero-order valence-electron chi connectivity index (χ0n) is 16.3. The van der Waals surface area contributed by atoms with E-state index >= 15 is 0 Å². The van der Waals surface area contributed by atoms with Crippen LogP contribution in [-0.4, -0.2) is 32.1 Å². The van der Waals surface area contributed by atoms with Crippen molar-refractivity contribution in [3.05, 3.63) is 77.1 Å².